The van der Waals surface area contributed by atoms with Gasteiger partial charge in [0.1, 0.15) is 11.9 Å². The maximum absolute atomic E-state index is 12.3. The monoisotopic (exact) mass is 376 g/mol. The number of Topliss-reactive ketones (excluding diaryl/α,β-unsaturated/α-hetero) is 1. The van der Waals surface area contributed by atoms with Gasteiger partial charge in [0.05, 0.1) is 0 Å². The standard InChI is InChI=1S/C22H32O3S/c1-15(17-11-12-18-19(24)8-5-13-22(17,18)3)7-4-9-20(25-16(2)23)21-10-6-14-26-21/h6,10,14-15,17-18,20H,4-5,7-9,11-13H2,1-3H3/t15?,17-,18+,20?,22-/m1/s1. The highest BCUT2D eigenvalue weighted by Gasteiger charge is 2.52. The van der Waals surface area contributed by atoms with Gasteiger partial charge in [-0.3, -0.25) is 9.59 Å². The largest absolute Gasteiger partial charge is 0.457 e. The summed E-state index contributed by atoms with van der Waals surface area (Å²) in [5.41, 5.74) is 0.220. The van der Waals surface area contributed by atoms with Crippen molar-refractivity contribution in [2.24, 2.45) is 23.2 Å². The Balaban J connectivity index is 1.55. The Morgan fingerprint density at radius 1 is 1.38 bits per heavy atom. The van der Waals surface area contributed by atoms with Crippen LogP contribution >= 0.6 is 11.3 Å². The SMILES string of the molecule is CC(=O)OC(CCCC(C)[C@H]1CC[C@H]2C(=O)CCC[C@]12C)c1cccs1. The predicted molar refractivity (Wildman–Crippen MR) is 105 cm³/mol. The number of esters is 1. The number of thiophene rings is 1. The molecule has 5 atom stereocenters. The van der Waals surface area contributed by atoms with Crippen LogP contribution < -0.4 is 0 Å². The normalized spacial score (nSPS) is 30.7. The van der Waals surface area contributed by atoms with Crippen molar-refractivity contribution in [3.63, 3.8) is 0 Å². The molecule has 1 heterocycles. The molecule has 2 fully saturated rings. The molecule has 1 aromatic heterocycles. The molecule has 3 nitrogen and oxygen atoms in total. The molecule has 0 amide bonds. The van der Waals surface area contributed by atoms with Gasteiger partial charge in [-0.25, -0.2) is 0 Å². The fourth-order valence-corrected chi connectivity index (χ4v) is 6.45. The smallest absolute Gasteiger partial charge is 0.303 e. The van der Waals surface area contributed by atoms with E-state index in [1.54, 1.807) is 11.3 Å². The average molecular weight is 377 g/mol. The van der Waals surface area contributed by atoms with Crippen LogP contribution in [0.4, 0.5) is 0 Å². The van der Waals surface area contributed by atoms with Crippen molar-refractivity contribution in [3.8, 4) is 0 Å². The maximum Gasteiger partial charge on any atom is 0.303 e. The molecule has 0 spiro atoms. The van der Waals surface area contributed by atoms with Crippen molar-refractivity contribution < 1.29 is 14.3 Å². The predicted octanol–water partition coefficient (Wildman–Crippen LogP) is 5.94. The van der Waals surface area contributed by atoms with Crippen LogP contribution in [0.15, 0.2) is 17.5 Å². The highest BCUT2D eigenvalue weighted by atomic mass is 32.1. The van der Waals surface area contributed by atoms with Crippen LogP contribution in [0.5, 0.6) is 0 Å². The second-order valence-corrected chi connectivity index (χ2v) is 9.56. The minimum Gasteiger partial charge on any atom is -0.457 e. The summed E-state index contributed by atoms with van der Waals surface area (Å²) in [4.78, 5) is 24.9. The highest BCUT2D eigenvalue weighted by molar-refractivity contribution is 7.10. The minimum atomic E-state index is -0.205. The third-order valence-electron chi connectivity index (χ3n) is 6.92. The highest BCUT2D eigenvalue weighted by Crippen LogP contribution is 2.57. The van der Waals surface area contributed by atoms with Crippen molar-refractivity contribution in [2.75, 3.05) is 0 Å². The van der Waals surface area contributed by atoms with E-state index in [1.807, 2.05) is 11.4 Å². The molecular formula is C22H32O3S. The fraction of sp³-hybridized carbons (Fsp3) is 0.727. The molecule has 4 heteroatoms. The van der Waals surface area contributed by atoms with Gasteiger partial charge in [-0.15, -0.1) is 11.3 Å². The lowest BCUT2D eigenvalue weighted by Crippen LogP contribution is -2.39. The number of carbonyl (C=O) groups is 2. The van der Waals surface area contributed by atoms with Crippen molar-refractivity contribution in [1.29, 1.82) is 0 Å². The van der Waals surface area contributed by atoms with Crippen molar-refractivity contribution >= 4 is 23.1 Å². The Hall–Kier alpha value is -1.16. The second-order valence-electron chi connectivity index (χ2n) is 8.58. The fourth-order valence-electron chi connectivity index (χ4n) is 5.67. The van der Waals surface area contributed by atoms with E-state index in [-0.39, 0.29) is 17.5 Å². The molecule has 0 N–H and O–H groups in total. The first-order valence-corrected chi connectivity index (χ1v) is 11.0. The summed E-state index contributed by atoms with van der Waals surface area (Å²) < 4.78 is 5.55. The summed E-state index contributed by atoms with van der Waals surface area (Å²) in [6.07, 6.45) is 8.35. The Labute approximate surface area is 161 Å². The number of ether oxygens (including phenoxy) is 1. The summed E-state index contributed by atoms with van der Waals surface area (Å²) >= 11 is 1.66. The van der Waals surface area contributed by atoms with E-state index in [2.05, 4.69) is 19.9 Å². The summed E-state index contributed by atoms with van der Waals surface area (Å²) in [7, 11) is 0. The van der Waals surface area contributed by atoms with Gasteiger partial charge in [0.15, 0.2) is 0 Å². The molecule has 1 aromatic rings. The van der Waals surface area contributed by atoms with E-state index in [4.69, 9.17) is 4.74 Å². The lowest BCUT2D eigenvalue weighted by molar-refractivity contribution is -0.147. The molecule has 0 radical (unpaired) electrons. The molecule has 2 unspecified atom stereocenters. The molecule has 0 aliphatic heterocycles. The van der Waals surface area contributed by atoms with Crippen LogP contribution in [0.1, 0.15) is 83.1 Å². The first-order chi connectivity index (χ1) is 12.4. The maximum atomic E-state index is 12.3. The molecule has 26 heavy (non-hydrogen) atoms. The molecule has 2 aliphatic rings. The van der Waals surface area contributed by atoms with E-state index in [0.717, 1.165) is 43.4 Å². The zero-order valence-electron chi connectivity index (χ0n) is 16.3. The summed E-state index contributed by atoms with van der Waals surface area (Å²) in [5, 5.41) is 2.04. The van der Waals surface area contributed by atoms with Crippen LogP contribution in [0, 0.1) is 23.2 Å². The van der Waals surface area contributed by atoms with E-state index in [0.29, 0.717) is 23.5 Å². The van der Waals surface area contributed by atoms with Crippen molar-refractivity contribution in [2.45, 2.75) is 78.2 Å². The first-order valence-electron chi connectivity index (χ1n) is 10.1. The molecule has 2 saturated carbocycles. The molecule has 3 rings (SSSR count). The Morgan fingerprint density at radius 3 is 2.88 bits per heavy atom. The summed E-state index contributed by atoms with van der Waals surface area (Å²) in [6, 6.07) is 4.07. The number of rotatable bonds is 7. The number of hydrogen-bond acceptors (Lipinski definition) is 4. The van der Waals surface area contributed by atoms with Crippen LogP contribution in [0.2, 0.25) is 0 Å². The minimum absolute atomic E-state index is 0.108. The van der Waals surface area contributed by atoms with Gasteiger partial charge in [0.25, 0.3) is 0 Å². The topological polar surface area (TPSA) is 43.4 Å². The molecular weight excluding hydrogens is 344 g/mol. The number of ketones is 1. The second kappa shape index (κ2) is 8.24. The summed E-state index contributed by atoms with van der Waals surface area (Å²) in [6.45, 7) is 6.22. The quantitative estimate of drug-likeness (QED) is 0.553. The van der Waals surface area contributed by atoms with E-state index < -0.39 is 0 Å². The van der Waals surface area contributed by atoms with Crippen molar-refractivity contribution in [1.82, 2.24) is 0 Å². The molecule has 0 bridgehead atoms. The van der Waals surface area contributed by atoms with E-state index >= 15 is 0 Å². The van der Waals surface area contributed by atoms with E-state index in [1.165, 1.54) is 19.8 Å². The third-order valence-corrected chi connectivity index (χ3v) is 7.88. The zero-order chi connectivity index (χ0) is 18.7. The zero-order valence-corrected chi connectivity index (χ0v) is 17.1. The molecule has 2 aliphatic carbocycles. The van der Waals surface area contributed by atoms with Gasteiger partial charge >= 0.3 is 5.97 Å². The van der Waals surface area contributed by atoms with Crippen LogP contribution in [0.3, 0.4) is 0 Å². The van der Waals surface area contributed by atoms with Gasteiger partial charge in [-0.05, 0) is 67.2 Å². The number of fused-ring (bicyclic) bond motifs is 1. The van der Waals surface area contributed by atoms with Crippen LogP contribution in [-0.4, -0.2) is 11.8 Å². The summed E-state index contributed by atoms with van der Waals surface area (Å²) in [5.74, 6) is 1.90. The van der Waals surface area contributed by atoms with Gasteiger partial charge in [-0.1, -0.05) is 26.3 Å². The van der Waals surface area contributed by atoms with E-state index in [9.17, 15) is 9.59 Å². The number of hydrogen-bond donors (Lipinski definition) is 0. The van der Waals surface area contributed by atoms with Crippen molar-refractivity contribution in [3.05, 3.63) is 22.4 Å². The number of carbonyl (C=O) groups excluding carboxylic acids is 2. The van der Waals surface area contributed by atoms with Crippen LogP contribution in [0.25, 0.3) is 0 Å². The third kappa shape index (κ3) is 4.05. The van der Waals surface area contributed by atoms with Crippen LogP contribution in [-0.2, 0) is 14.3 Å². The average Bonchev–Trinajstić information content (AvgIpc) is 3.21. The lowest BCUT2D eigenvalue weighted by atomic mass is 9.62. The van der Waals surface area contributed by atoms with Gasteiger partial charge in [-0.2, -0.15) is 0 Å². The van der Waals surface area contributed by atoms with Gasteiger partial charge < -0.3 is 4.74 Å². The Bertz CT molecular complexity index is 623. The van der Waals surface area contributed by atoms with Gasteiger partial charge in [0.2, 0.25) is 0 Å². The Kier molecular flexibility index (Phi) is 6.21. The molecule has 0 saturated heterocycles. The molecule has 144 valence electrons. The lowest BCUT2D eigenvalue weighted by Gasteiger charge is -2.42. The first kappa shape index (κ1) is 19.6. The Morgan fingerprint density at radius 2 is 2.19 bits per heavy atom. The molecule has 0 aromatic carbocycles. The van der Waals surface area contributed by atoms with Gasteiger partial charge in [0, 0.05) is 24.1 Å².